The summed E-state index contributed by atoms with van der Waals surface area (Å²) in [6.07, 6.45) is 6.30. The molecule has 94 valence electrons. The lowest BCUT2D eigenvalue weighted by molar-refractivity contribution is 0.407. The van der Waals surface area contributed by atoms with Crippen molar-refractivity contribution in [2.24, 2.45) is 11.7 Å². The van der Waals surface area contributed by atoms with Crippen molar-refractivity contribution >= 4 is 0 Å². The summed E-state index contributed by atoms with van der Waals surface area (Å²) in [7, 11) is 0. The van der Waals surface area contributed by atoms with E-state index in [0.29, 0.717) is 11.8 Å². The van der Waals surface area contributed by atoms with E-state index >= 15 is 0 Å². The molecule has 2 rings (SSSR count). The minimum absolute atomic E-state index is 0.135. The lowest BCUT2D eigenvalue weighted by atomic mass is 9.81. The Balaban J connectivity index is 2.28. The zero-order valence-corrected chi connectivity index (χ0v) is 10.6. The number of rotatable bonds is 2. The number of hydrogen-bond donors (Lipinski definition) is 1. The molecule has 1 aliphatic rings. The van der Waals surface area contributed by atoms with Gasteiger partial charge in [-0.2, -0.15) is 0 Å². The second kappa shape index (κ2) is 5.63. The molecule has 2 N–H and O–H groups in total. The molecule has 0 heterocycles. The van der Waals surface area contributed by atoms with Gasteiger partial charge in [-0.15, -0.1) is 0 Å². The van der Waals surface area contributed by atoms with Crippen LogP contribution in [0, 0.1) is 18.7 Å². The number of nitrogens with two attached hydrogens (primary N) is 1. The second-order valence-corrected chi connectivity index (χ2v) is 5.24. The fourth-order valence-electron chi connectivity index (χ4n) is 3.13. The number of halogens is 1. The van der Waals surface area contributed by atoms with Crippen molar-refractivity contribution in [1.29, 1.82) is 0 Å². The van der Waals surface area contributed by atoms with Crippen LogP contribution in [0.1, 0.15) is 49.1 Å². The molecule has 0 aliphatic heterocycles. The fraction of sp³-hybridized carbons (Fsp3) is 0.600. The molecule has 0 amide bonds. The molecule has 2 atom stereocenters. The number of hydrogen-bond acceptors (Lipinski definition) is 1. The first-order chi connectivity index (χ1) is 8.22. The Kier molecular flexibility index (Phi) is 4.16. The maximum absolute atomic E-state index is 13.1. The molecule has 17 heavy (non-hydrogen) atoms. The van der Waals surface area contributed by atoms with Gasteiger partial charge in [-0.1, -0.05) is 25.3 Å². The van der Waals surface area contributed by atoms with Gasteiger partial charge in [-0.25, -0.2) is 4.39 Å². The zero-order valence-electron chi connectivity index (χ0n) is 10.6. The smallest absolute Gasteiger partial charge is 0.123 e. The van der Waals surface area contributed by atoms with Gasteiger partial charge in [0.1, 0.15) is 5.82 Å². The van der Waals surface area contributed by atoms with Gasteiger partial charge in [0.2, 0.25) is 0 Å². The number of benzene rings is 1. The van der Waals surface area contributed by atoms with Crippen molar-refractivity contribution in [3.63, 3.8) is 0 Å². The van der Waals surface area contributed by atoms with Gasteiger partial charge in [-0.3, -0.25) is 0 Å². The lowest BCUT2D eigenvalue weighted by Gasteiger charge is -2.25. The number of aryl methyl sites for hydroxylation is 1. The first-order valence-electron chi connectivity index (χ1n) is 6.68. The average Bonchev–Trinajstić information content (AvgIpc) is 2.54. The van der Waals surface area contributed by atoms with E-state index in [9.17, 15) is 4.39 Å². The summed E-state index contributed by atoms with van der Waals surface area (Å²) in [5, 5.41) is 0. The Hall–Kier alpha value is -0.890. The molecule has 1 nitrogen and oxygen atoms in total. The van der Waals surface area contributed by atoms with Gasteiger partial charge < -0.3 is 5.73 Å². The molecule has 1 aromatic rings. The van der Waals surface area contributed by atoms with Crippen LogP contribution in [0.5, 0.6) is 0 Å². The Morgan fingerprint density at radius 2 is 2.00 bits per heavy atom. The molecule has 0 aromatic heterocycles. The van der Waals surface area contributed by atoms with Crippen LogP contribution in [0.3, 0.4) is 0 Å². The van der Waals surface area contributed by atoms with Crippen LogP contribution in [0.15, 0.2) is 18.2 Å². The van der Waals surface area contributed by atoms with Crippen molar-refractivity contribution in [2.75, 3.05) is 6.54 Å². The van der Waals surface area contributed by atoms with Crippen LogP contribution in [-0.4, -0.2) is 6.54 Å². The average molecular weight is 235 g/mol. The monoisotopic (exact) mass is 235 g/mol. The summed E-state index contributed by atoms with van der Waals surface area (Å²) in [5.41, 5.74) is 8.29. The normalized spacial score (nSPS) is 25.6. The molecular weight excluding hydrogens is 213 g/mol. The van der Waals surface area contributed by atoms with E-state index in [1.807, 2.05) is 13.0 Å². The van der Waals surface area contributed by atoms with Gasteiger partial charge >= 0.3 is 0 Å². The molecule has 1 aliphatic carbocycles. The van der Waals surface area contributed by atoms with Crippen LogP contribution in [-0.2, 0) is 0 Å². The van der Waals surface area contributed by atoms with Gasteiger partial charge in [-0.05, 0) is 61.4 Å². The van der Waals surface area contributed by atoms with Crippen LogP contribution in [0.4, 0.5) is 4.39 Å². The first kappa shape index (κ1) is 12.6. The molecule has 0 bridgehead atoms. The predicted octanol–water partition coefficient (Wildman–Crippen LogP) is 3.76. The van der Waals surface area contributed by atoms with E-state index < -0.39 is 0 Å². The summed E-state index contributed by atoms with van der Waals surface area (Å²) in [6, 6.07) is 5.19. The Morgan fingerprint density at radius 1 is 1.24 bits per heavy atom. The molecule has 1 fully saturated rings. The van der Waals surface area contributed by atoms with Crippen molar-refractivity contribution < 1.29 is 4.39 Å². The molecule has 1 saturated carbocycles. The van der Waals surface area contributed by atoms with E-state index in [1.54, 1.807) is 12.1 Å². The highest BCUT2D eigenvalue weighted by Crippen LogP contribution is 2.37. The van der Waals surface area contributed by atoms with Crippen molar-refractivity contribution in [3.8, 4) is 0 Å². The molecule has 0 radical (unpaired) electrons. The third-order valence-corrected chi connectivity index (χ3v) is 4.09. The standard InChI is InChI=1S/C15H22FN/c1-11-9-13(16)7-8-14(11)15-6-4-2-3-5-12(15)10-17/h7-9,12,15H,2-6,10,17H2,1H3. The highest BCUT2D eigenvalue weighted by atomic mass is 19.1. The van der Waals surface area contributed by atoms with Gasteiger partial charge in [0, 0.05) is 0 Å². The maximum atomic E-state index is 13.1. The highest BCUT2D eigenvalue weighted by molar-refractivity contribution is 5.30. The van der Waals surface area contributed by atoms with Gasteiger partial charge in [0.15, 0.2) is 0 Å². The lowest BCUT2D eigenvalue weighted by Crippen LogP contribution is -2.21. The van der Waals surface area contributed by atoms with Gasteiger partial charge in [0.25, 0.3) is 0 Å². The van der Waals surface area contributed by atoms with Gasteiger partial charge in [0.05, 0.1) is 0 Å². The molecule has 0 spiro atoms. The SMILES string of the molecule is Cc1cc(F)ccc1C1CCCCCC1CN. The van der Waals surface area contributed by atoms with Crippen molar-refractivity contribution in [2.45, 2.75) is 44.9 Å². The Labute approximate surface area is 103 Å². The second-order valence-electron chi connectivity index (χ2n) is 5.24. The minimum Gasteiger partial charge on any atom is -0.330 e. The van der Waals surface area contributed by atoms with E-state index in [1.165, 1.54) is 37.7 Å². The van der Waals surface area contributed by atoms with Crippen molar-refractivity contribution in [1.82, 2.24) is 0 Å². The molecule has 2 heteroatoms. The Bertz CT molecular complexity index is 375. The molecule has 2 unspecified atom stereocenters. The summed E-state index contributed by atoms with van der Waals surface area (Å²) >= 11 is 0. The fourth-order valence-corrected chi connectivity index (χ4v) is 3.13. The van der Waals surface area contributed by atoms with Crippen molar-refractivity contribution in [3.05, 3.63) is 35.1 Å². The quantitative estimate of drug-likeness (QED) is 0.776. The third-order valence-electron chi connectivity index (χ3n) is 4.09. The first-order valence-corrected chi connectivity index (χ1v) is 6.68. The van der Waals surface area contributed by atoms with E-state index in [0.717, 1.165) is 12.1 Å². The van der Waals surface area contributed by atoms with E-state index in [-0.39, 0.29) is 5.82 Å². The van der Waals surface area contributed by atoms with Crippen LogP contribution >= 0.6 is 0 Å². The summed E-state index contributed by atoms with van der Waals surface area (Å²) < 4.78 is 13.1. The van der Waals surface area contributed by atoms with E-state index in [2.05, 4.69) is 0 Å². The minimum atomic E-state index is -0.135. The summed E-state index contributed by atoms with van der Waals surface area (Å²) in [6.45, 7) is 2.76. The largest absolute Gasteiger partial charge is 0.330 e. The summed E-state index contributed by atoms with van der Waals surface area (Å²) in [5.74, 6) is 0.967. The third kappa shape index (κ3) is 2.86. The predicted molar refractivity (Wildman–Crippen MR) is 69.5 cm³/mol. The Morgan fingerprint density at radius 3 is 2.71 bits per heavy atom. The van der Waals surface area contributed by atoms with Crippen LogP contribution < -0.4 is 5.73 Å². The van der Waals surface area contributed by atoms with Crippen LogP contribution in [0.25, 0.3) is 0 Å². The molecular formula is C15H22FN. The molecule has 1 aromatic carbocycles. The zero-order chi connectivity index (χ0) is 12.3. The maximum Gasteiger partial charge on any atom is 0.123 e. The molecule has 0 saturated heterocycles. The van der Waals surface area contributed by atoms with E-state index in [4.69, 9.17) is 5.73 Å². The highest BCUT2D eigenvalue weighted by Gasteiger charge is 2.25. The topological polar surface area (TPSA) is 26.0 Å². The summed E-state index contributed by atoms with van der Waals surface area (Å²) in [4.78, 5) is 0. The van der Waals surface area contributed by atoms with Crippen LogP contribution in [0.2, 0.25) is 0 Å².